The van der Waals surface area contributed by atoms with Gasteiger partial charge in [-0.25, -0.2) is 0 Å². The van der Waals surface area contributed by atoms with E-state index < -0.39 is 12.2 Å². The van der Waals surface area contributed by atoms with Crippen molar-refractivity contribution >= 4 is 11.6 Å². The number of methoxy groups -OCH3 is 3. The Kier molecular flexibility index (Phi) is 11.4. The maximum Gasteiger partial charge on any atom is 0.250 e. The van der Waals surface area contributed by atoms with E-state index in [9.17, 15) is 15.0 Å². The van der Waals surface area contributed by atoms with E-state index in [0.29, 0.717) is 35.4 Å². The third-order valence-corrected chi connectivity index (χ3v) is 6.77. The van der Waals surface area contributed by atoms with Gasteiger partial charge in [0.1, 0.15) is 11.9 Å². The van der Waals surface area contributed by atoms with Gasteiger partial charge in [-0.05, 0) is 68.7 Å². The van der Waals surface area contributed by atoms with Crippen molar-refractivity contribution in [2.24, 2.45) is 11.8 Å². The van der Waals surface area contributed by atoms with Crippen molar-refractivity contribution in [2.75, 3.05) is 26.6 Å². The Balaban J connectivity index is 2.43. The zero-order valence-corrected chi connectivity index (χ0v) is 22.2. The fourth-order valence-electron chi connectivity index (χ4n) is 4.78. The van der Waals surface area contributed by atoms with Crippen molar-refractivity contribution in [3.8, 4) is 5.75 Å². The number of hydrogen-bond acceptors (Lipinski definition) is 6. The molecule has 6 atom stereocenters. The van der Waals surface area contributed by atoms with Crippen LogP contribution in [-0.4, -0.2) is 61.9 Å². The Bertz CT molecular complexity index is 895. The van der Waals surface area contributed by atoms with Crippen LogP contribution in [0.2, 0.25) is 0 Å². The van der Waals surface area contributed by atoms with Gasteiger partial charge in [0.15, 0.2) is 0 Å². The quantitative estimate of drug-likeness (QED) is 0.549. The van der Waals surface area contributed by atoms with Crippen LogP contribution in [0.1, 0.15) is 52.5 Å². The van der Waals surface area contributed by atoms with Gasteiger partial charge in [0, 0.05) is 37.5 Å². The molecule has 7 nitrogen and oxygen atoms in total. The molecule has 0 saturated carbocycles. The van der Waals surface area contributed by atoms with Gasteiger partial charge in [-0.1, -0.05) is 26.0 Å². The summed E-state index contributed by atoms with van der Waals surface area (Å²) < 4.78 is 17.2. The standard InChI is InChI=1S/C28H43NO6/c1-17-11-21-14-22(16-23(15-21)33-5)29-28(32)18(2)9-8-10-24(30)26(31)19(3)13-20(4)27(35-7)25(12-17)34-6/h9,13-17,20,24-27,30-31H,8,10-12H2,1-7H3,(H,29,32)/b18-9+,19-13+/t17-,20+,24+,25-,26+,27?/m0/s1. The summed E-state index contributed by atoms with van der Waals surface area (Å²) in [6.45, 7) is 7.76. The van der Waals surface area contributed by atoms with Crippen molar-refractivity contribution in [3.63, 3.8) is 0 Å². The normalized spacial score (nSPS) is 32.7. The molecule has 2 rings (SSSR count). The summed E-state index contributed by atoms with van der Waals surface area (Å²) in [5.41, 5.74) is 2.97. The highest BCUT2D eigenvalue weighted by molar-refractivity contribution is 6.03. The van der Waals surface area contributed by atoms with Crippen molar-refractivity contribution in [3.05, 3.63) is 47.1 Å². The van der Waals surface area contributed by atoms with Gasteiger partial charge < -0.3 is 29.7 Å². The molecule has 3 N–H and O–H groups in total. The molecule has 1 heterocycles. The molecule has 0 aromatic heterocycles. The maximum atomic E-state index is 12.7. The van der Waals surface area contributed by atoms with E-state index in [0.717, 1.165) is 18.4 Å². The fourth-order valence-corrected chi connectivity index (χ4v) is 4.78. The minimum atomic E-state index is -0.992. The zero-order valence-electron chi connectivity index (χ0n) is 22.2. The van der Waals surface area contributed by atoms with E-state index in [-0.39, 0.29) is 30.0 Å². The number of benzene rings is 1. The lowest BCUT2D eigenvalue weighted by molar-refractivity contribution is -0.112. The number of rotatable bonds is 3. The van der Waals surface area contributed by atoms with E-state index in [2.05, 4.69) is 12.2 Å². The van der Waals surface area contributed by atoms with Crippen LogP contribution in [0.3, 0.4) is 0 Å². The van der Waals surface area contributed by atoms with Crippen molar-refractivity contribution < 1.29 is 29.2 Å². The average Bonchev–Trinajstić information content (AvgIpc) is 2.82. The van der Waals surface area contributed by atoms with Gasteiger partial charge in [0.2, 0.25) is 0 Å². The first-order chi connectivity index (χ1) is 16.6. The summed E-state index contributed by atoms with van der Waals surface area (Å²) in [7, 11) is 4.98. The van der Waals surface area contributed by atoms with E-state index in [1.807, 2.05) is 32.1 Å². The smallest absolute Gasteiger partial charge is 0.250 e. The predicted molar refractivity (Wildman–Crippen MR) is 139 cm³/mol. The Morgan fingerprint density at radius 3 is 2.37 bits per heavy atom. The molecule has 2 bridgehead atoms. The molecular formula is C28H43NO6. The molecule has 0 saturated heterocycles. The van der Waals surface area contributed by atoms with Crippen LogP contribution in [-0.2, 0) is 20.7 Å². The summed E-state index contributed by atoms with van der Waals surface area (Å²) in [6.07, 6.45) is 3.78. The Morgan fingerprint density at radius 2 is 1.74 bits per heavy atom. The summed E-state index contributed by atoms with van der Waals surface area (Å²) >= 11 is 0. The molecule has 0 fully saturated rings. The topological polar surface area (TPSA) is 97.3 Å². The predicted octanol–water partition coefficient (Wildman–Crippen LogP) is 4.28. The summed E-state index contributed by atoms with van der Waals surface area (Å²) in [5, 5.41) is 24.1. The number of carbonyl (C=O) groups is 1. The van der Waals surface area contributed by atoms with Gasteiger partial charge in [0.05, 0.1) is 25.4 Å². The zero-order chi connectivity index (χ0) is 26.1. The summed E-state index contributed by atoms with van der Waals surface area (Å²) in [5.74, 6) is 0.703. The van der Waals surface area contributed by atoms with Gasteiger partial charge in [-0.3, -0.25) is 4.79 Å². The van der Waals surface area contributed by atoms with Crippen molar-refractivity contribution in [1.82, 2.24) is 0 Å². The molecule has 1 aliphatic rings. The summed E-state index contributed by atoms with van der Waals surface area (Å²) in [6, 6.07) is 5.77. The molecule has 0 radical (unpaired) electrons. The van der Waals surface area contributed by atoms with Crippen LogP contribution in [0.15, 0.2) is 41.5 Å². The van der Waals surface area contributed by atoms with E-state index in [1.165, 1.54) is 0 Å². The first-order valence-corrected chi connectivity index (χ1v) is 12.4. The number of hydrogen-bond donors (Lipinski definition) is 3. The number of allylic oxidation sites excluding steroid dienone is 1. The highest BCUT2D eigenvalue weighted by atomic mass is 16.5. The molecule has 7 heteroatoms. The number of anilines is 1. The number of ether oxygens (including phenoxy) is 3. The number of fused-ring (bicyclic) bond motifs is 2. The molecule has 0 spiro atoms. The third-order valence-electron chi connectivity index (χ3n) is 6.77. The number of aliphatic hydroxyl groups excluding tert-OH is 2. The van der Waals surface area contributed by atoms with Gasteiger partial charge in [-0.2, -0.15) is 0 Å². The van der Waals surface area contributed by atoms with Crippen LogP contribution in [0.25, 0.3) is 0 Å². The second kappa shape index (κ2) is 13.8. The van der Waals surface area contributed by atoms with E-state index in [4.69, 9.17) is 14.2 Å². The molecule has 1 aromatic rings. The number of nitrogens with one attached hydrogen (secondary N) is 1. The molecular weight excluding hydrogens is 446 g/mol. The number of carbonyl (C=O) groups excluding carboxylic acids is 1. The van der Waals surface area contributed by atoms with E-state index >= 15 is 0 Å². The highest BCUT2D eigenvalue weighted by Crippen LogP contribution is 2.28. The average molecular weight is 490 g/mol. The molecule has 1 aromatic carbocycles. The lowest BCUT2D eigenvalue weighted by Crippen LogP contribution is -2.37. The molecule has 1 aliphatic heterocycles. The molecule has 0 aliphatic carbocycles. The Hall–Kier alpha value is -2.19. The van der Waals surface area contributed by atoms with Crippen LogP contribution in [0, 0.1) is 11.8 Å². The second-order valence-electron chi connectivity index (χ2n) is 9.79. The highest BCUT2D eigenvalue weighted by Gasteiger charge is 2.29. The lowest BCUT2D eigenvalue weighted by atomic mass is 9.88. The lowest BCUT2D eigenvalue weighted by Gasteiger charge is -2.31. The third kappa shape index (κ3) is 8.46. The maximum absolute atomic E-state index is 12.7. The van der Waals surface area contributed by atoms with Crippen molar-refractivity contribution in [2.45, 2.75) is 77.8 Å². The molecule has 1 amide bonds. The Labute approximate surface area is 210 Å². The monoisotopic (exact) mass is 489 g/mol. The molecule has 196 valence electrons. The first-order valence-electron chi connectivity index (χ1n) is 12.4. The van der Waals surface area contributed by atoms with Crippen LogP contribution in [0.5, 0.6) is 5.75 Å². The van der Waals surface area contributed by atoms with E-state index in [1.54, 1.807) is 40.4 Å². The van der Waals surface area contributed by atoms with Crippen LogP contribution >= 0.6 is 0 Å². The minimum Gasteiger partial charge on any atom is -0.497 e. The van der Waals surface area contributed by atoms with Gasteiger partial charge >= 0.3 is 0 Å². The number of aliphatic hydroxyl groups is 2. The fraction of sp³-hybridized carbons (Fsp3) is 0.607. The van der Waals surface area contributed by atoms with Crippen LogP contribution in [0.4, 0.5) is 5.69 Å². The second-order valence-corrected chi connectivity index (χ2v) is 9.79. The van der Waals surface area contributed by atoms with Crippen molar-refractivity contribution in [1.29, 1.82) is 0 Å². The van der Waals surface area contributed by atoms with Gasteiger partial charge in [-0.15, -0.1) is 0 Å². The molecule has 1 unspecified atom stereocenters. The Morgan fingerprint density at radius 1 is 1.03 bits per heavy atom. The minimum absolute atomic E-state index is 0.0338. The molecule has 35 heavy (non-hydrogen) atoms. The SMILES string of the molecule is COc1cc2cc(c1)NC(=O)/C(C)=C/CC[C@@H](O)[C@H](O)/C(C)=C/[C@@H](C)C(OC)[C@@H](OC)C[C@@H](C)C2. The van der Waals surface area contributed by atoms with Crippen LogP contribution < -0.4 is 10.1 Å². The van der Waals surface area contributed by atoms with Gasteiger partial charge in [0.25, 0.3) is 5.91 Å². The first kappa shape index (κ1) is 29.0. The largest absolute Gasteiger partial charge is 0.497 e. The number of amides is 1. The summed E-state index contributed by atoms with van der Waals surface area (Å²) in [4.78, 5) is 12.7.